The second-order valence-corrected chi connectivity index (χ2v) is 2.51. The van der Waals surface area contributed by atoms with Gasteiger partial charge in [0.2, 0.25) is 0 Å². The zero-order valence-electron chi connectivity index (χ0n) is 4.36. The van der Waals surface area contributed by atoms with Gasteiger partial charge in [0.05, 0.1) is 6.67 Å². The van der Waals surface area contributed by atoms with Gasteiger partial charge < -0.3 is 0 Å². The summed E-state index contributed by atoms with van der Waals surface area (Å²) in [5.74, 6) is 0. The molecular weight excluding hydrogens is 135 g/mol. The van der Waals surface area contributed by atoms with E-state index in [4.69, 9.17) is 23.6 Å². The lowest BCUT2D eigenvalue weighted by Gasteiger charge is -2.09. The molecule has 0 spiro atoms. The number of hydrogen-bond donors (Lipinski definition) is 0. The fourth-order valence-electron chi connectivity index (χ4n) is 0.214. The van der Waals surface area contributed by atoms with Gasteiger partial charge in [0, 0.05) is 0 Å². The average Bonchev–Trinajstić information content (AvgIpc) is 1.27. The van der Waals surface area contributed by atoms with Gasteiger partial charge in [-0.3, -0.25) is 4.90 Å². The van der Waals surface area contributed by atoms with Crippen molar-refractivity contribution in [2.75, 3.05) is 20.8 Å². The molecule has 2 nitrogen and oxygen atoms in total. The van der Waals surface area contributed by atoms with Crippen LogP contribution in [0.4, 0.5) is 0 Å². The summed E-state index contributed by atoms with van der Waals surface area (Å²) < 4.78 is 1.07. The first-order valence-corrected chi connectivity index (χ1v) is 2.54. The summed E-state index contributed by atoms with van der Waals surface area (Å²) in [5.41, 5.74) is 0. The smallest absolute Gasteiger partial charge is 0.0816 e. The molecule has 0 radical (unpaired) electrons. The third-order valence-electron chi connectivity index (χ3n) is 0.390. The van der Waals surface area contributed by atoms with Crippen LogP contribution in [-0.2, 0) is 0 Å². The Hall–Kier alpha value is 0.500. The lowest BCUT2D eigenvalue weighted by Crippen LogP contribution is -2.19. The van der Waals surface area contributed by atoms with Gasteiger partial charge in [-0.25, -0.2) is 0 Å². The zero-order chi connectivity index (χ0) is 5.86. The molecule has 0 N–H and O–H groups in total. The monoisotopic (exact) mass is 142 g/mol. The summed E-state index contributed by atoms with van der Waals surface area (Å²) in [5, 5.41) is 0. The summed E-state index contributed by atoms with van der Waals surface area (Å²) in [4.78, 5) is 1.86. The minimum Gasteiger partial charge on any atom is -0.294 e. The second kappa shape index (κ2) is 3.50. The van der Waals surface area contributed by atoms with E-state index >= 15 is 0 Å². The largest absolute Gasteiger partial charge is 0.294 e. The van der Waals surface area contributed by atoms with E-state index in [9.17, 15) is 0 Å². The molecule has 0 rings (SSSR count). The Balaban J connectivity index is 2.95. The van der Waals surface area contributed by atoms with Crippen LogP contribution in [0.5, 0.6) is 0 Å². The summed E-state index contributed by atoms with van der Waals surface area (Å²) in [7, 11) is 3.77. The molecule has 0 saturated carbocycles. The predicted octanol–water partition coefficient (Wildman–Crippen LogP) is 1.12. The maximum atomic E-state index is 5.23. The number of hydrogen-bond acceptors (Lipinski definition) is 2. The molecule has 0 aromatic heterocycles. The normalized spacial score (nSPS) is 11.1. The van der Waals surface area contributed by atoms with Crippen molar-refractivity contribution in [1.82, 2.24) is 8.84 Å². The van der Waals surface area contributed by atoms with Crippen molar-refractivity contribution < 1.29 is 0 Å². The molecule has 0 aromatic rings. The van der Waals surface area contributed by atoms with Crippen LogP contribution in [0.1, 0.15) is 0 Å². The highest BCUT2D eigenvalue weighted by molar-refractivity contribution is 6.33. The lowest BCUT2D eigenvalue weighted by molar-refractivity contribution is 0.349. The van der Waals surface area contributed by atoms with Crippen molar-refractivity contribution in [1.29, 1.82) is 0 Å². The van der Waals surface area contributed by atoms with E-state index in [0.29, 0.717) is 6.67 Å². The molecule has 0 atom stereocenters. The third-order valence-corrected chi connectivity index (χ3v) is 0.604. The van der Waals surface area contributed by atoms with E-state index < -0.39 is 0 Å². The van der Waals surface area contributed by atoms with Crippen molar-refractivity contribution in [2.24, 2.45) is 0 Å². The molecule has 0 aliphatic heterocycles. The molecule has 0 aliphatic rings. The van der Waals surface area contributed by atoms with Gasteiger partial charge in [0.25, 0.3) is 0 Å². The third kappa shape index (κ3) is 6.50. The molecule has 0 aromatic carbocycles. The van der Waals surface area contributed by atoms with Crippen molar-refractivity contribution >= 4 is 23.6 Å². The standard InChI is InChI=1S/C3H8Cl2N2/c1-6(2)3-7(4)5/h3H2,1-2H3. The van der Waals surface area contributed by atoms with Crippen LogP contribution < -0.4 is 0 Å². The molecule has 0 aliphatic carbocycles. The van der Waals surface area contributed by atoms with Gasteiger partial charge in [-0.1, -0.05) is 0 Å². The highest BCUT2D eigenvalue weighted by Gasteiger charge is 1.93. The molecule has 0 heterocycles. The van der Waals surface area contributed by atoms with Gasteiger partial charge in [-0.05, 0) is 37.6 Å². The van der Waals surface area contributed by atoms with Crippen molar-refractivity contribution in [2.45, 2.75) is 0 Å². The summed E-state index contributed by atoms with van der Waals surface area (Å²) >= 11 is 10.5. The van der Waals surface area contributed by atoms with E-state index in [0.717, 1.165) is 3.94 Å². The van der Waals surface area contributed by atoms with Crippen LogP contribution in [-0.4, -0.2) is 29.6 Å². The van der Waals surface area contributed by atoms with E-state index in [2.05, 4.69) is 0 Å². The quantitative estimate of drug-likeness (QED) is 0.422. The summed E-state index contributed by atoms with van der Waals surface area (Å²) in [6.07, 6.45) is 0. The van der Waals surface area contributed by atoms with Crippen LogP contribution >= 0.6 is 23.6 Å². The lowest BCUT2D eigenvalue weighted by atomic mass is 10.9. The van der Waals surface area contributed by atoms with Gasteiger partial charge >= 0.3 is 0 Å². The topological polar surface area (TPSA) is 6.48 Å². The first kappa shape index (κ1) is 7.50. The highest BCUT2D eigenvalue weighted by Crippen LogP contribution is 1.96. The maximum Gasteiger partial charge on any atom is 0.0816 e. The maximum absolute atomic E-state index is 5.23. The summed E-state index contributed by atoms with van der Waals surface area (Å²) in [6, 6.07) is 0. The van der Waals surface area contributed by atoms with Crippen molar-refractivity contribution in [3.8, 4) is 0 Å². The highest BCUT2D eigenvalue weighted by atomic mass is 35.5. The molecule has 4 heteroatoms. The number of nitrogens with zero attached hydrogens (tertiary/aromatic N) is 2. The molecular formula is C3H8Cl2N2. The minimum absolute atomic E-state index is 0.559. The molecule has 0 saturated heterocycles. The van der Waals surface area contributed by atoms with E-state index in [1.54, 1.807) is 0 Å². The number of halogens is 2. The SMILES string of the molecule is CN(C)CN(Cl)Cl. The molecule has 44 valence electrons. The Labute approximate surface area is 53.8 Å². The summed E-state index contributed by atoms with van der Waals surface area (Å²) in [6.45, 7) is 0.559. The average molecular weight is 143 g/mol. The Morgan fingerprint density at radius 3 is 1.71 bits per heavy atom. The van der Waals surface area contributed by atoms with Crippen LogP contribution in [0.3, 0.4) is 0 Å². The minimum atomic E-state index is 0.559. The van der Waals surface area contributed by atoms with Gasteiger partial charge in [-0.15, -0.1) is 3.94 Å². The van der Waals surface area contributed by atoms with E-state index in [-0.39, 0.29) is 0 Å². The van der Waals surface area contributed by atoms with Gasteiger partial charge in [-0.2, -0.15) is 0 Å². The Bertz CT molecular complexity index is 40.2. The van der Waals surface area contributed by atoms with Gasteiger partial charge in [0.15, 0.2) is 0 Å². The van der Waals surface area contributed by atoms with Crippen molar-refractivity contribution in [3.05, 3.63) is 0 Å². The van der Waals surface area contributed by atoms with Crippen LogP contribution in [0.15, 0.2) is 0 Å². The fraction of sp³-hybridized carbons (Fsp3) is 1.00. The Kier molecular flexibility index (Phi) is 3.75. The molecule has 0 fully saturated rings. The Morgan fingerprint density at radius 2 is 1.71 bits per heavy atom. The molecule has 0 unspecified atom stereocenters. The van der Waals surface area contributed by atoms with Crippen LogP contribution in [0.2, 0.25) is 0 Å². The van der Waals surface area contributed by atoms with Gasteiger partial charge in [0.1, 0.15) is 0 Å². The molecule has 0 amide bonds. The van der Waals surface area contributed by atoms with E-state index in [1.165, 1.54) is 0 Å². The molecule has 7 heavy (non-hydrogen) atoms. The number of rotatable bonds is 2. The van der Waals surface area contributed by atoms with E-state index in [1.807, 2.05) is 19.0 Å². The van der Waals surface area contributed by atoms with Crippen LogP contribution in [0, 0.1) is 0 Å². The van der Waals surface area contributed by atoms with Crippen molar-refractivity contribution in [3.63, 3.8) is 0 Å². The first-order valence-electron chi connectivity index (χ1n) is 1.86. The first-order chi connectivity index (χ1) is 3.13. The molecule has 0 bridgehead atoms. The Morgan fingerprint density at radius 1 is 1.29 bits per heavy atom. The zero-order valence-corrected chi connectivity index (χ0v) is 5.87. The fourth-order valence-corrected chi connectivity index (χ4v) is 0.641. The predicted molar refractivity (Wildman–Crippen MR) is 32.1 cm³/mol. The van der Waals surface area contributed by atoms with Crippen LogP contribution in [0.25, 0.3) is 0 Å². The second-order valence-electron chi connectivity index (χ2n) is 1.52.